The maximum Gasteiger partial charge on any atom is 0.225 e. The first-order valence-electron chi connectivity index (χ1n) is 10.6. The Labute approximate surface area is 192 Å². The molecule has 4 rings (SSSR count). The van der Waals surface area contributed by atoms with Crippen molar-refractivity contribution in [3.8, 4) is 11.5 Å². The maximum atomic E-state index is 5.99. The molecule has 2 heterocycles. The van der Waals surface area contributed by atoms with E-state index >= 15 is 0 Å². The fraction of sp³-hybridized carbons (Fsp3) is 0.391. The Balaban J connectivity index is 1.57. The van der Waals surface area contributed by atoms with Crippen molar-refractivity contribution >= 4 is 34.3 Å². The number of morpholine rings is 1. The van der Waals surface area contributed by atoms with E-state index in [9.17, 15) is 0 Å². The van der Waals surface area contributed by atoms with Gasteiger partial charge in [-0.15, -0.1) is 0 Å². The molecule has 0 unspecified atom stereocenters. The number of nitrogens with one attached hydrogen (secondary N) is 2. The number of fused-ring (bicyclic) bond motifs is 1. The summed E-state index contributed by atoms with van der Waals surface area (Å²) in [5.41, 5.74) is 1.86. The predicted molar refractivity (Wildman–Crippen MR) is 127 cm³/mol. The van der Waals surface area contributed by atoms with E-state index in [-0.39, 0.29) is 0 Å². The van der Waals surface area contributed by atoms with Crippen LogP contribution in [0.1, 0.15) is 5.56 Å². The number of halogens is 1. The minimum absolute atomic E-state index is 0.536. The van der Waals surface area contributed by atoms with Crippen LogP contribution in [0.2, 0.25) is 5.02 Å². The lowest BCUT2D eigenvalue weighted by molar-refractivity contribution is 0.0398. The first-order chi connectivity index (χ1) is 15.7. The first-order valence-corrected chi connectivity index (χ1v) is 11.0. The molecular weight excluding hydrogens is 430 g/mol. The Morgan fingerprint density at radius 3 is 2.44 bits per heavy atom. The van der Waals surface area contributed by atoms with Gasteiger partial charge in [-0.2, -0.15) is 4.98 Å². The largest absolute Gasteiger partial charge is 0.493 e. The van der Waals surface area contributed by atoms with Crippen LogP contribution in [0, 0.1) is 0 Å². The van der Waals surface area contributed by atoms with Gasteiger partial charge in [-0.25, -0.2) is 4.98 Å². The molecule has 1 aromatic heterocycles. The highest BCUT2D eigenvalue weighted by Gasteiger charge is 2.14. The summed E-state index contributed by atoms with van der Waals surface area (Å²) in [6, 6.07) is 11.5. The standard InChI is InChI=1S/C23H28ClN5O3/c1-30-20-13-18-19(14-21(20)31-2)27-23(26-15-16-3-5-17(24)6-4-16)28-22(18)25-7-8-29-9-11-32-12-10-29/h3-6,13-14H,7-12,15H2,1-2H3,(H2,25,26,27,28). The van der Waals surface area contributed by atoms with Gasteiger partial charge in [0.05, 0.1) is 33.0 Å². The quantitative estimate of drug-likeness (QED) is 0.504. The third kappa shape index (κ3) is 5.51. The molecule has 8 nitrogen and oxygen atoms in total. The lowest BCUT2D eigenvalue weighted by Crippen LogP contribution is -2.39. The van der Waals surface area contributed by atoms with Crippen LogP contribution < -0.4 is 20.1 Å². The summed E-state index contributed by atoms with van der Waals surface area (Å²) in [4.78, 5) is 11.8. The molecule has 9 heteroatoms. The van der Waals surface area contributed by atoms with Gasteiger partial charge in [0.2, 0.25) is 5.95 Å². The molecule has 1 aliphatic rings. The van der Waals surface area contributed by atoms with Gasteiger partial charge in [0, 0.05) is 49.2 Å². The topological polar surface area (TPSA) is 80.8 Å². The number of rotatable bonds is 9. The summed E-state index contributed by atoms with van der Waals surface area (Å²) < 4.78 is 16.4. The van der Waals surface area contributed by atoms with Gasteiger partial charge in [-0.05, 0) is 23.8 Å². The summed E-state index contributed by atoms with van der Waals surface area (Å²) in [6.07, 6.45) is 0. The fourth-order valence-corrected chi connectivity index (χ4v) is 3.74. The highest BCUT2D eigenvalue weighted by atomic mass is 35.5. The lowest BCUT2D eigenvalue weighted by atomic mass is 10.2. The number of nitrogens with zero attached hydrogens (tertiary/aromatic N) is 3. The normalized spacial score (nSPS) is 14.3. The zero-order chi connectivity index (χ0) is 22.3. The fourth-order valence-electron chi connectivity index (χ4n) is 3.61. The zero-order valence-electron chi connectivity index (χ0n) is 18.4. The van der Waals surface area contributed by atoms with E-state index in [0.717, 1.165) is 61.7 Å². The molecule has 1 saturated heterocycles. The minimum atomic E-state index is 0.536. The second-order valence-corrected chi connectivity index (χ2v) is 7.92. The molecule has 2 N–H and O–H groups in total. The molecule has 1 aliphatic heterocycles. The Morgan fingerprint density at radius 1 is 1.00 bits per heavy atom. The van der Waals surface area contributed by atoms with Gasteiger partial charge in [-0.3, -0.25) is 4.90 Å². The van der Waals surface area contributed by atoms with Crippen LogP contribution in [0.4, 0.5) is 11.8 Å². The summed E-state index contributed by atoms with van der Waals surface area (Å²) in [7, 11) is 3.24. The van der Waals surface area contributed by atoms with Crippen molar-refractivity contribution in [3.05, 3.63) is 47.0 Å². The molecule has 0 amide bonds. The average molecular weight is 458 g/mol. The van der Waals surface area contributed by atoms with Crippen LogP contribution in [0.5, 0.6) is 11.5 Å². The molecule has 0 saturated carbocycles. The van der Waals surface area contributed by atoms with Crippen LogP contribution in [0.15, 0.2) is 36.4 Å². The Morgan fingerprint density at radius 2 is 1.72 bits per heavy atom. The third-order valence-electron chi connectivity index (χ3n) is 5.39. The van der Waals surface area contributed by atoms with E-state index in [4.69, 9.17) is 35.8 Å². The minimum Gasteiger partial charge on any atom is -0.493 e. The summed E-state index contributed by atoms with van der Waals surface area (Å²) in [5.74, 6) is 2.56. The summed E-state index contributed by atoms with van der Waals surface area (Å²) in [6.45, 7) is 5.73. The molecule has 3 aromatic rings. The van der Waals surface area contributed by atoms with Crippen LogP contribution in [0.25, 0.3) is 10.9 Å². The second-order valence-electron chi connectivity index (χ2n) is 7.48. The van der Waals surface area contributed by atoms with Crippen LogP contribution in [-0.4, -0.2) is 68.5 Å². The molecule has 0 bridgehead atoms. The molecule has 2 aromatic carbocycles. The number of hydrogen-bond donors (Lipinski definition) is 2. The van der Waals surface area contributed by atoms with E-state index in [2.05, 4.69) is 15.5 Å². The Hall–Kier alpha value is -2.81. The molecular formula is C23H28ClN5O3. The van der Waals surface area contributed by atoms with Crippen LogP contribution in [-0.2, 0) is 11.3 Å². The summed E-state index contributed by atoms with van der Waals surface area (Å²) in [5, 5.41) is 8.39. The van der Waals surface area contributed by atoms with Gasteiger partial charge in [0.15, 0.2) is 11.5 Å². The number of ether oxygens (including phenoxy) is 3. The average Bonchev–Trinajstić information content (AvgIpc) is 2.83. The Kier molecular flexibility index (Phi) is 7.47. The van der Waals surface area contributed by atoms with Crippen molar-refractivity contribution in [3.63, 3.8) is 0 Å². The monoisotopic (exact) mass is 457 g/mol. The molecule has 0 radical (unpaired) electrons. The van der Waals surface area contributed by atoms with Gasteiger partial charge < -0.3 is 24.8 Å². The highest BCUT2D eigenvalue weighted by molar-refractivity contribution is 6.30. The molecule has 0 atom stereocenters. The highest BCUT2D eigenvalue weighted by Crippen LogP contribution is 2.34. The van der Waals surface area contributed by atoms with Crippen molar-refractivity contribution < 1.29 is 14.2 Å². The second kappa shape index (κ2) is 10.7. The van der Waals surface area contributed by atoms with E-state index in [1.807, 2.05) is 36.4 Å². The predicted octanol–water partition coefficient (Wildman–Crippen LogP) is 3.66. The number of benzene rings is 2. The zero-order valence-corrected chi connectivity index (χ0v) is 19.1. The molecule has 0 aliphatic carbocycles. The number of aromatic nitrogens is 2. The van der Waals surface area contributed by atoms with Gasteiger partial charge >= 0.3 is 0 Å². The van der Waals surface area contributed by atoms with Gasteiger partial charge in [0.25, 0.3) is 0 Å². The van der Waals surface area contributed by atoms with Crippen LogP contribution in [0.3, 0.4) is 0 Å². The maximum absolute atomic E-state index is 5.99. The molecule has 32 heavy (non-hydrogen) atoms. The molecule has 0 spiro atoms. The Bertz CT molecular complexity index is 1040. The van der Waals surface area contributed by atoms with Crippen molar-refractivity contribution in [1.82, 2.24) is 14.9 Å². The van der Waals surface area contributed by atoms with E-state index in [1.165, 1.54) is 0 Å². The first kappa shape index (κ1) is 22.4. The summed E-state index contributed by atoms with van der Waals surface area (Å²) >= 11 is 5.99. The molecule has 170 valence electrons. The number of anilines is 2. The van der Waals surface area contributed by atoms with E-state index in [1.54, 1.807) is 14.2 Å². The lowest BCUT2D eigenvalue weighted by Gasteiger charge is -2.26. The number of hydrogen-bond acceptors (Lipinski definition) is 8. The van der Waals surface area contributed by atoms with Crippen LogP contribution >= 0.6 is 11.6 Å². The van der Waals surface area contributed by atoms with Gasteiger partial charge in [0.1, 0.15) is 5.82 Å². The molecule has 1 fully saturated rings. The number of methoxy groups -OCH3 is 2. The van der Waals surface area contributed by atoms with E-state index in [0.29, 0.717) is 29.0 Å². The smallest absolute Gasteiger partial charge is 0.225 e. The van der Waals surface area contributed by atoms with Crippen molar-refractivity contribution in [2.24, 2.45) is 0 Å². The van der Waals surface area contributed by atoms with Gasteiger partial charge in [-0.1, -0.05) is 23.7 Å². The SMILES string of the molecule is COc1cc2nc(NCc3ccc(Cl)cc3)nc(NCCN3CCOCC3)c2cc1OC. The van der Waals surface area contributed by atoms with Crippen molar-refractivity contribution in [1.29, 1.82) is 0 Å². The van der Waals surface area contributed by atoms with Crippen molar-refractivity contribution in [2.75, 3.05) is 64.2 Å². The van der Waals surface area contributed by atoms with Crippen molar-refractivity contribution in [2.45, 2.75) is 6.54 Å². The third-order valence-corrected chi connectivity index (χ3v) is 5.64. The van der Waals surface area contributed by atoms with E-state index < -0.39 is 0 Å².